The van der Waals surface area contributed by atoms with Gasteiger partial charge in [-0.3, -0.25) is 0 Å². The van der Waals surface area contributed by atoms with Gasteiger partial charge in [0.05, 0.1) is 32.3 Å². The largest absolute Gasteiger partial charge is 0.393 e. The second-order valence-corrected chi connectivity index (χ2v) is 8.58. The predicted octanol–water partition coefficient (Wildman–Crippen LogP) is 5.02. The minimum absolute atomic E-state index is 0.212. The number of piperidine rings is 1. The van der Waals surface area contributed by atoms with Crippen LogP contribution in [0, 0.1) is 2.88 Å². The summed E-state index contributed by atoms with van der Waals surface area (Å²) in [5.74, 6) is -2.90. The lowest BCUT2D eigenvalue weighted by Crippen LogP contribution is -2.52. The monoisotopic (exact) mass is 476 g/mol. The van der Waals surface area contributed by atoms with E-state index in [9.17, 15) is 22.0 Å². The topological polar surface area (TPSA) is 24.1 Å². The number of fused-ring (bicyclic) bond motifs is 1. The highest BCUT2D eigenvalue weighted by molar-refractivity contribution is 14.1. The number of rotatable bonds is 3. The molecule has 9 heteroatoms. The Hall–Kier alpha value is -0.680. The Morgan fingerprint density at radius 2 is 2.08 bits per heavy atom. The van der Waals surface area contributed by atoms with Crippen molar-refractivity contribution in [2.75, 3.05) is 18.4 Å². The van der Waals surface area contributed by atoms with E-state index >= 15 is 0 Å². The van der Waals surface area contributed by atoms with Gasteiger partial charge in [0.25, 0.3) is 5.92 Å². The zero-order valence-corrected chi connectivity index (χ0v) is 15.3. The van der Waals surface area contributed by atoms with E-state index < -0.39 is 31.1 Å². The molecule has 132 valence electrons. The molecule has 3 rings (SSSR count). The summed E-state index contributed by atoms with van der Waals surface area (Å²) >= 11 is 3.08. The highest BCUT2D eigenvalue weighted by atomic mass is 127. The van der Waals surface area contributed by atoms with Gasteiger partial charge in [-0.1, -0.05) is 12.1 Å². The fourth-order valence-electron chi connectivity index (χ4n) is 2.82. The quantitative estimate of drug-likeness (QED) is 0.481. The molecule has 1 fully saturated rings. The fourth-order valence-corrected chi connectivity index (χ4v) is 4.99. The molecule has 0 radical (unpaired) electrons. The zero-order chi connectivity index (χ0) is 17.5. The first-order chi connectivity index (χ1) is 11.2. The van der Waals surface area contributed by atoms with Gasteiger partial charge in [0.1, 0.15) is 0 Å². The van der Waals surface area contributed by atoms with Gasteiger partial charge < -0.3 is 10.6 Å². The van der Waals surface area contributed by atoms with Gasteiger partial charge in [-0.25, -0.2) is 8.78 Å². The van der Waals surface area contributed by atoms with E-state index in [1.165, 1.54) is 11.3 Å². The van der Waals surface area contributed by atoms with E-state index in [2.05, 4.69) is 10.6 Å². The maximum absolute atomic E-state index is 14.0. The summed E-state index contributed by atoms with van der Waals surface area (Å²) in [5.41, 5.74) is 0.680. The number of anilines is 1. The third-order valence-corrected chi connectivity index (χ3v) is 6.34. The summed E-state index contributed by atoms with van der Waals surface area (Å²) < 4.78 is 67.4. The molecular weight excluding hydrogens is 462 g/mol. The number of benzene rings is 1. The SMILES string of the molecule is FC(F)(F)Cc1c(I)sc2c(NC3CCNCC3(F)F)cccc12. The summed E-state index contributed by atoms with van der Waals surface area (Å²) in [5, 5.41) is 5.98. The molecule has 0 amide bonds. The number of thiophene rings is 1. The van der Waals surface area contributed by atoms with E-state index in [0.717, 1.165) is 0 Å². The fraction of sp³-hybridized carbons (Fsp3) is 0.467. The van der Waals surface area contributed by atoms with Crippen LogP contribution >= 0.6 is 33.9 Å². The lowest BCUT2D eigenvalue weighted by Gasteiger charge is -2.33. The van der Waals surface area contributed by atoms with Crippen molar-refractivity contribution in [3.63, 3.8) is 0 Å². The van der Waals surface area contributed by atoms with Gasteiger partial charge in [0.15, 0.2) is 0 Å². The van der Waals surface area contributed by atoms with Crippen molar-refractivity contribution < 1.29 is 22.0 Å². The lowest BCUT2D eigenvalue weighted by molar-refractivity contribution is -0.127. The maximum Gasteiger partial charge on any atom is 0.393 e. The van der Waals surface area contributed by atoms with Crippen LogP contribution in [-0.2, 0) is 6.42 Å². The Labute approximate surface area is 152 Å². The summed E-state index contributed by atoms with van der Waals surface area (Å²) in [6, 6.07) is 3.83. The number of hydrogen-bond acceptors (Lipinski definition) is 3. The molecule has 1 atom stereocenters. The van der Waals surface area contributed by atoms with E-state index in [0.29, 0.717) is 25.2 Å². The molecular formula is C15H14F5IN2S. The Kier molecular flexibility index (Phi) is 4.95. The number of alkyl halides is 5. The van der Waals surface area contributed by atoms with Crippen LogP contribution < -0.4 is 10.6 Å². The highest BCUT2D eigenvalue weighted by Gasteiger charge is 2.41. The first kappa shape index (κ1) is 18.1. The third-order valence-electron chi connectivity index (χ3n) is 3.96. The molecule has 0 saturated carbocycles. The minimum Gasteiger partial charge on any atom is -0.375 e. The van der Waals surface area contributed by atoms with Crippen molar-refractivity contribution in [1.29, 1.82) is 0 Å². The first-order valence-corrected chi connectivity index (χ1v) is 9.18. The second-order valence-electron chi connectivity index (χ2n) is 5.75. The molecule has 2 N–H and O–H groups in total. The van der Waals surface area contributed by atoms with Crippen molar-refractivity contribution in [1.82, 2.24) is 5.32 Å². The second kappa shape index (κ2) is 6.56. The van der Waals surface area contributed by atoms with Gasteiger partial charge in [-0.2, -0.15) is 13.2 Å². The standard InChI is InChI=1S/C15H14F5IN2S/c16-14(17)7-22-5-4-11(14)23-10-3-1-2-8-9(6-15(18,19)20)13(21)24-12(8)10/h1-3,11,22-23H,4-7H2. The number of halogens is 6. The lowest BCUT2D eigenvalue weighted by atomic mass is 10.0. The van der Waals surface area contributed by atoms with Crippen molar-refractivity contribution >= 4 is 49.7 Å². The summed E-state index contributed by atoms with van der Waals surface area (Å²) in [6.45, 7) is 0.0759. The third kappa shape index (κ3) is 3.77. The van der Waals surface area contributed by atoms with Crippen LogP contribution in [0.25, 0.3) is 10.1 Å². The van der Waals surface area contributed by atoms with Crippen LogP contribution in [0.2, 0.25) is 0 Å². The Bertz CT molecular complexity index is 743. The average molecular weight is 476 g/mol. The van der Waals surface area contributed by atoms with Crippen molar-refractivity contribution in [2.45, 2.75) is 31.0 Å². The molecule has 1 aliphatic heterocycles. The number of hydrogen-bond donors (Lipinski definition) is 2. The van der Waals surface area contributed by atoms with Crippen molar-refractivity contribution in [2.24, 2.45) is 0 Å². The van der Waals surface area contributed by atoms with Gasteiger partial charge >= 0.3 is 6.18 Å². The first-order valence-electron chi connectivity index (χ1n) is 7.29. The molecule has 2 heterocycles. The average Bonchev–Trinajstić information content (AvgIpc) is 2.77. The molecule has 1 aromatic heterocycles. The Morgan fingerprint density at radius 3 is 2.75 bits per heavy atom. The van der Waals surface area contributed by atoms with E-state index in [1.807, 2.05) is 22.6 Å². The van der Waals surface area contributed by atoms with Gasteiger partial charge in [-0.15, -0.1) is 11.3 Å². The van der Waals surface area contributed by atoms with Gasteiger partial charge in [0.2, 0.25) is 0 Å². The van der Waals surface area contributed by atoms with Crippen LogP contribution in [0.4, 0.5) is 27.6 Å². The molecule has 1 unspecified atom stereocenters. The molecule has 1 aliphatic rings. The molecule has 24 heavy (non-hydrogen) atoms. The van der Waals surface area contributed by atoms with Gasteiger partial charge in [-0.05, 0) is 52.6 Å². The highest BCUT2D eigenvalue weighted by Crippen LogP contribution is 2.40. The molecule has 2 nitrogen and oxygen atoms in total. The molecule has 1 saturated heterocycles. The van der Waals surface area contributed by atoms with Crippen molar-refractivity contribution in [3.05, 3.63) is 26.6 Å². The van der Waals surface area contributed by atoms with Crippen molar-refractivity contribution in [3.8, 4) is 0 Å². The van der Waals surface area contributed by atoms with E-state index in [4.69, 9.17) is 0 Å². The normalized spacial score (nSPS) is 21.2. The molecule has 0 spiro atoms. The Balaban J connectivity index is 1.96. The minimum atomic E-state index is -4.31. The Morgan fingerprint density at radius 1 is 1.33 bits per heavy atom. The molecule has 1 aromatic carbocycles. The summed E-state index contributed by atoms with van der Waals surface area (Å²) in [7, 11) is 0. The van der Waals surface area contributed by atoms with Crippen LogP contribution in [0.1, 0.15) is 12.0 Å². The molecule has 0 bridgehead atoms. The number of nitrogens with one attached hydrogen (secondary N) is 2. The van der Waals surface area contributed by atoms with Crippen LogP contribution in [0.15, 0.2) is 18.2 Å². The maximum atomic E-state index is 14.0. The van der Waals surface area contributed by atoms with Crippen LogP contribution in [-0.4, -0.2) is 31.2 Å². The molecule has 0 aliphatic carbocycles. The summed E-state index contributed by atoms with van der Waals surface area (Å²) in [4.78, 5) is 0. The smallest absolute Gasteiger partial charge is 0.375 e. The van der Waals surface area contributed by atoms with Gasteiger partial charge in [0, 0.05) is 0 Å². The zero-order valence-electron chi connectivity index (χ0n) is 12.3. The molecule has 2 aromatic rings. The van der Waals surface area contributed by atoms with Crippen LogP contribution in [0.3, 0.4) is 0 Å². The van der Waals surface area contributed by atoms with E-state index in [1.54, 1.807) is 18.2 Å². The predicted molar refractivity (Wildman–Crippen MR) is 94.1 cm³/mol. The van der Waals surface area contributed by atoms with E-state index in [-0.39, 0.29) is 12.0 Å². The van der Waals surface area contributed by atoms with Crippen LogP contribution in [0.5, 0.6) is 0 Å². The summed E-state index contributed by atoms with van der Waals surface area (Å²) in [6.07, 6.45) is -5.07.